The van der Waals surface area contributed by atoms with Crippen LogP contribution in [0.4, 0.5) is 5.69 Å². The summed E-state index contributed by atoms with van der Waals surface area (Å²) in [6, 6.07) is 22.3. The fourth-order valence-corrected chi connectivity index (χ4v) is 5.63. The minimum absolute atomic E-state index is 0.0856. The highest BCUT2D eigenvalue weighted by Crippen LogP contribution is 2.25. The van der Waals surface area contributed by atoms with Gasteiger partial charge in [-0.15, -0.1) is 0 Å². The number of fused-ring (bicyclic) bond motifs is 2. The topological polar surface area (TPSA) is 82.4 Å². The van der Waals surface area contributed by atoms with Crippen molar-refractivity contribution in [1.82, 2.24) is 4.90 Å². The van der Waals surface area contributed by atoms with Gasteiger partial charge in [-0.3, -0.25) is 9.10 Å². The van der Waals surface area contributed by atoms with Crippen molar-refractivity contribution in [2.45, 2.75) is 11.4 Å². The number of nitrogens with zero attached hydrogens (tertiary/aromatic N) is 4. The summed E-state index contributed by atoms with van der Waals surface area (Å²) in [4.78, 5) is 24.2. The SMILES string of the molecule is CN(c1ccccc1)S(=O)(=O)c1ccc(C(=O)N=C2N=C3C=CC(I)=CN3Cc3ccccc32)cc1. The number of amides is 1. The van der Waals surface area contributed by atoms with Crippen LogP contribution in [0.25, 0.3) is 0 Å². The Morgan fingerprint density at radius 3 is 2.42 bits per heavy atom. The molecular formula is C27H21IN4O3S. The average Bonchev–Trinajstić information content (AvgIpc) is 3.05. The van der Waals surface area contributed by atoms with E-state index < -0.39 is 15.9 Å². The number of carbonyl (C=O) groups excluding carboxylic acids is 1. The lowest BCUT2D eigenvalue weighted by Crippen LogP contribution is -2.26. The summed E-state index contributed by atoms with van der Waals surface area (Å²) in [5.41, 5.74) is 2.61. The minimum atomic E-state index is -3.78. The van der Waals surface area contributed by atoms with Crippen LogP contribution in [0.2, 0.25) is 0 Å². The molecule has 0 saturated carbocycles. The van der Waals surface area contributed by atoms with Crippen LogP contribution < -0.4 is 4.31 Å². The monoisotopic (exact) mass is 608 g/mol. The lowest BCUT2D eigenvalue weighted by Gasteiger charge is -2.21. The van der Waals surface area contributed by atoms with Gasteiger partial charge in [-0.2, -0.15) is 4.99 Å². The molecule has 0 spiro atoms. The smallest absolute Gasteiger partial charge is 0.279 e. The van der Waals surface area contributed by atoms with Gasteiger partial charge in [0.25, 0.3) is 15.9 Å². The van der Waals surface area contributed by atoms with E-state index in [-0.39, 0.29) is 10.5 Å². The molecule has 3 aromatic rings. The first-order chi connectivity index (χ1) is 17.3. The van der Waals surface area contributed by atoms with Crippen LogP contribution in [0.1, 0.15) is 21.5 Å². The number of anilines is 1. The molecule has 0 aliphatic carbocycles. The molecule has 2 aliphatic heterocycles. The zero-order chi connectivity index (χ0) is 25.3. The summed E-state index contributed by atoms with van der Waals surface area (Å²) < 4.78 is 28.4. The number of rotatable bonds is 4. The third-order valence-corrected chi connectivity index (χ3v) is 8.31. The number of halogens is 1. The van der Waals surface area contributed by atoms with Crippen molar-refractivity contribution in [1.29, 1.82) is 0 Å². The summed E-state index contributed by atoms with van der Waals surface area (Å²) in [5, 5.41) is 0. The molecule has 0 atom stereocenters. The molecule has 9 heteroatoms. The Bertz CT molecular complexity index is 1560. The zero-order valence-corrected chi connectivity index (χ0v) is 22.2. The second-order valence-electron chi connectivity index (χ2n) is 8.18. The third kappa shape index (κ3) is 4.76. The van der Waals surface area contributed by atoms with E-state index in [1.165, 1.54) is 35.6 Å². The number of allylic oxidation sites excluding steroid dienone is 2. The van der Waals surface area contributed by atoms with Crippen LogP contribution in [0, 0.1) is 0 Å². The van der Waals surface area contributed by atoms with Gasteiger partial charge in [0.1, 0.15) is 5.84 Å². The van der Waals surface area contributed by atoms with Crippen molar-refractivity contribution in [2.75, 3.05) is 11.4 Å². The molecule has 1 amide bonds. The molecule has 0 unspecified atom stereocenters. The zero-order valence-electron chi connectivity index (χ0n) is 19.2. The van der Waals surface area contributed by atoms with Gasteiger partial charge in [0.2, 0.25) is 0 Å². The molecule has 2 aliphatic rings. The van der Waals surface area contributed by atoms with Crippen molar-refractivity contribution in [3.05, 3.63) is 117 Å². The minimum Gasteiger partial charge on any atom is -0.327 e. The van der Waals surface area contributed by atoms with E-state index in [1.54, 1.807) is 24.3 Å². The lowest BCUT2D eigenvalue weighted by molar-refractivity contribution is 0.100. The molecule has 0 radical (unpaired) electrons. The van der Waals surface area contributed by atoms with Crippen molar-refractivity contribution < 1.29 is 13.2 Å². The Kier molecular flexibility index (Phi) is 6.59. The number of amidine groups is 2. The van der Waals surface area contributed by atoms with E-state index in [2.05, 4.69) is 32.6 Å². The molecule has 0 N–H and O–H groups in total. The van der Waals surface area contributed by atoms with E-state index in [4.69, 9.17) is 0 Å². The molecule has 0 fully saturated rings. The van der Waals surface area contributed by atoms with E-state index >= 15 is 0 Å². The highest BCUT2D eigenvalue weighted by Gasteiger charge is 2.23. The van der Waals surface area contributed by atoms with Crippen LogP contribution in [0.5, 0.6) is 0 Å². The molecule has 0 aromatic heterocycles. The summed E-state index contributed by atoms with van der Waals surface area (Å²) in [7, 11) is -2.28. The quantitative estimate of drug-likeness (QED) is 0.384. The maximum atomic E-state index is 13.1. The van der Waals surface area contributed by atoms with Crippen LogP contribution in [-0.2, 0) is 16.6 Å². The second-order valence-corrected chi connectivity index (χ2v) is 11.4. The van der Waals surface area contributed by atoms with Crippen molar-refractivity contribution in [2.24, 2.45) is 9.98 Å². The number of para-hydroxylation sites is 1. The Balaban J connectivity index is 1.46. The highest BCUT2D eigenvalue weighted by molar-refractivity contribution is 14.1. The van der Waals surface area contributed by atoms with E-state index in [0.29, 0.717) is 23.9 Å². The Labute approximate surface area is 223 Å². The molecule has 36 heavy (non-hydrogen) atoms. The van der Waals surface area contributed by atoms with Crippen LogP contribution in [0.15, 0.2) is 116 Å². The van der Waals surface area contributed by atoms with Gasteiger partial charge in [0, 0.05) is 34.5 Å². The molecule has 180 valence electrons. The average molecular weight is 608 g/mol. The molecule has 7 nitrogen and oxygen atoms in total. The fraction of sp³-hybridized carbons (Fsp3) is 0.0741. The number of hydrogen-bond donors (Lipinski definition) is 0. The number of sulfonamides is 1. The van der Waals surface area contributed by atoms with E-state index in [1.807, 2.05) is 53.6 Å². The van der Waals surface area contributed by atoms with Crippen molar-refractivity contribution >= 4 is 55.9 Å². The number of aliphatic imine (C=N–C) groups is 2. The fourth-order valence-electron chi connectivity index (χ4n) is 3.91. The summed E-state index contributed by atoms with van der Waals surface area (Å²) >= 11 is 2.25. The second kappa shape index (κ2) is 9.82. The number of carbonyl (C=O) groups is 1. The summed E-state index contributed by atoms with van der Waals surface area (Å²) in [6.07, 6.45) is 5.86. The summed E-state index contributed by atoms with van der Waals surface area (Å²) in [5.74, 6) is 0.523. The first kappa shape index (κ1) is 24.1. The first-order valence-corrected chi connectivity index (χ1v) is 13.6. The van der Waals surface area contributed by atoms with Gasteiger partial charge >= 0.3 is 0 Å². The van der Waals surface area contributed by atoms with E-state index in [0.717, 1.165) is 14.7 Å². The summed E-state index contributed by atoms with van der Waals surface area (Å²) in [6.45, 7) is 0.612. The van der Waals surface area contributed by atoms with Gasteiger partial charge < -0.3 is 4.90 Å². The van der Waals surface area contributed by atoms with Crippen LogP contribution in [-0.4, -0.2) is 37.9 Å². The molecule has 0 bridgehead atoms. The maximum Gasteiger partial charge on any atom is 0.279 e. The third-order valence-electron chi connectivity index (χ3n) is 5.87. The molecule has 0 saturated heterocycles. The lowest BCUT2D eigenvalue weighted by atomic mass is 10.1. The predicted octanol–water partition coefficient (Wildman–Crippen LogP) is 5.16. The van der Waals surface area contributed by atoms with E-state index in [9.17, 15) is 13.2 Å². The molecule has 5 rings (SSSR count). The normalized spacial score (nSPS) is 15.9. The Morgan fingerprint density at radius 1 is 0.972 bits per heavy atom. The molecule has 2 heterocycles. The van der Waals surface area contributed by atoms with Crippen LogP contribution >= 0.6 is 22.6 Å². The van der Waals surface area contributed by atoms with Crippen LogP contribution in [0.3, 0.4) is 0 Å². The largest absolute Gasteiger partial charge is 0.327 e. The molecular weight excluding hydrogens is 587 g/mol. The first-order valence-electron chi connectivity index (χ1n) is 11.1. The van der Waals surface area contributed by atoms with Gasteiger partial charge in [-0.25, -0.2) is 13.4 Å². The maximum absolute atomic E-state index is 13.1. The van der Waals surface area contributed by atoms with Gasteiger partial charge in [-0.1, -0.05) is 42.5 Å². The van der Waals surface area contributed by atoms with Gasteiger partial charge in [0.05, 0.1) is 10.6 Å². The Hall–Kier alpha value is -3.57. The predicted molar refractivity (Wildman–Crippen MR) is 150 cm³/mol. The van der Waals surface area contributed by atoms with Crippen molar-refractivity contribution in [3.8, 4) is 0 Å². The van der Waals surface area contributed by atoms with Crippen molar-refractivity contribution in [3.63, 3.8) is 0 Å². The number of hydrogen-bond acceptors (Lipinski definition) is 4. The molecule has 3 aromatic carbocycles. The Morgan fingerprint density at radius 2 is 1.67 bits per heavy atom. The van der Waals surface area contributed by atoms with Gasteiger partial charge in [0.15, 0.2) is 5.84 Å². The standard InChI is InChI=1S/C27H21IN4O3S/c1-31(22-8-3-2-4-9-22)36(34,35)23-14-11-19(12-15-23)27(33)30-26-24-10-6-5-7-20(24)17-32-18-21(28)13-16-25(32)29-26/h2-16,18H,17H2,1H3. The highest BCUT2D eigenvalue weighted by atomic mass is 127. The number of benzene rings is 3. The van der Waals surface area contributed by atoms with Gasteiger partial charge in [-0.05, 0) is 76.7 Å².